The van der Waals surface area contributed by atoms with Gasteiger partial charge in [0.2, 0.25) is 0 Å². The van der Waals surface area contributed by atoms with Crippen molar-refractivity contribution in [3.63, 3.8) is 0 Å². The summed E-state index contributed by atoms with van der Waals surface area (Å²) in [7, 11) is 1.38. The van der Waals surface area contributed by atoms with Gasteiger partial charge >= 0.3 is 0 Å². The van der Waals surface area contributed by atoms with E-state index in [4.69, 9.17) is 4.74 Å². The molecule has 0 fully saturated rings. The lowest BCUT2D eigenvalue weighted by Crippen LogP contribution is -2.19. The number of nitrogens with zero attached hydrogens (tertiary/aromatic N) is 3. The molecular weight excluding hydrogens is 354 g/mol. The number of rotatable bonds is 7. The van der Waals surface area contributed by atoms with E-state index in [0.717, 1.165) is 0 Å². The molecule has 2 aromatic carbocycles. The number of phenolic OH excluding ortho intramolecular Hbond substituents is 1. The van der Waals surface area contributed by atoms with Crippen molar-refractivity contribution in [2.24, 2.45) is 10.2 Å². The van der Waals surface area contributed by atoms with E-state index in [1.807, 2.05) is 0 Å². The van der Waals surface area contributed by atoms with Gasteiger partial charge in [-0.25, -0.2) is 5.43 Å². The average Bonchev–Trinajstić information content (AvgIpc) is 2.67. The zero-order chi connectivity index (χ0) is 19.8. The van der Waals surface area contributed by atoms with Gasteiger partial charge in [-0.05, 0) is 37.3 Å². The molecule has 0 saturated heterocycles. The standard InChI is InChI=1S/C17H17N5O5/c1-11(10-18-20-13-4-6-14(7-5-13)22(25)26)19-21-17(24)12-3-8-15(23)16(9-12)27-2/h3-10,20,23H,1-2H3,(H,21,24)/b18-10+,19-11+. The fraction of sp³-hybridized carbons (Fsp3) is 0.118. The second-order valence-electron chi connectivity index (χ2n) is 5.25. The lowest BCUT2D eigenvalue weighted by molar-refractivity contribution is -0.384. The zero-order valence-corrected chi connectivity index (χ0v) is 14.5. The Balaban J connectivity index is 1.92. The summed E-state index contributed by atoms with van der Waals surface area (Å²) in [5, 5.41) is 27.9. The smallest absolute Gasteiger partial charge is 0.271 e. The van der Waals surface area contributed by atoms with E-state index in [2.05, 4.69) is 21.1 Å². The lowest BCUT2D eigenvalue weighted by Gasteiger charge is -2.05. The number of hydrazone groups is 2. The minimum atomic E-state index is -0.490. The Kier molecular flexibility index (Phi) is 6.42. The average molecular weight is 371 g/mol. The van der Waals surface area contributed by atoms with Gasteiger partial charge in [0.05, 0.1) is 29.6 Å². The molecule has 0 unspecified atom stereocenters. The summed E-state index contributed by atoms with van der Waals surface area (Å²) in [6.07, 6.45) is 1.37. The van der Waals surface area contributed by atoms with E-state index in [1.165, 1.54) is 55.8 Å². The molecule has 140 valence electrons. The van der Waals surface area contributed by atoms with E-state index < -0.39 is 10.8 Å². The Morgan fingerprint density at radius 3 is 2.59 bits per heavy atom. The number of nitro benzene ring substituents is 1. The number of aromatic hydroxyl groups is 1. The third-order valence-corrected chi connectivity index (χ3v) is 3.30. The third-order valence-electron chi connectivity index (χ3n) is 3.30. The molecule has 0 aliphatic carbocycles. The number of nitro groups is 1. The number of amides is 1. The predicted octanol–water partition coefficient (Wildman–Crippen LogP) is 2.51. The second-order valence-corrected chi connectivity index (χ2v) is 5.25. The molecule has 1 amide bonds. The summed E-state index contributed by atoms with van der Waals surface area (Å²) in [6, 6.07) is 9.90. The number of hydrogen-bond acceptors (Lipinski definition) is 8. The van der Waals surface area contributed by atoms with Crippen LogP contribution in [-0.2, 0) is 0 Å². The van der Waals surface area contributed by atoms with Crippen LogP contribution in [0.1, 0.15) is 17.3 Å². The van der Waals surface area contributed by atoms with Gasteiger partial charge in [0.1, 0.15) is 0 Å². The first-order chi connectivity index (χ1) is 12.9. The maximum Gasteiger partial charge on any atom is 0.271 e. The molecule has 27 heavy (non-hydrogen) atoms. The molecule has 0 aliphatic heterocycles. The first-order valence-electron chi connectivity index (χ1n) is 7.66. The van der Waals surface area contributed by atoms with Gasteiger partial charge < -0.3 is 9.84 Å². The van der Waals surface area contributed by atoms with Crippen LogP contribution < -0.4 is 15.6 Å². The number of carbonyl (C=O) groups is 1. The number of phenols is 1. The fourth-order valence-electron chi connectivity index (χ4n) is 1.91. The van der Waals surface area contributed by atoms with Gasteiger partial charge in [-0.3, -0.25) is 20.3 Å². The van der Waals surface area contributed by atoms with Crippen molar-refractivity contribution in [3.8, 4) is 11.5 Å². The summed E-state index contributed by atoms with van der Waals surface area (Å²) >= 11 is 0. The Labute approximate surface area is 154 Å². The molecule has 0 aliphatic rings. The van der Waals surface area contributed by atoms with E-state index in [0.29, 0.717) is 11.4 Å². The number of ether oxygens (including phenoxy) is 1. The van der Waals surface area contributed by atoms with E-state index >= 15 is 0 Å². The fourth-order valence-corrected chi connectivity index (χ4v) is 1.91. The second kappa shape index (κ2) is 8.94. The number of nitrogens with one attached hydrogen (secondary N) is 2. The molecule has 0 spiro atoms. The largest absolute Gasteiger partial charge is 0.504 e. The maximum atomic E-state index is 12.0. The highest BCUT2D eigenvalue weighted by Gasteiger charge is 2.09. The van der Waals surface area contributed by atoms with E-state index in [1.54, 1.807) is 6.92 Å². The van der Waals surface area contributed by atoms with Crippen LogP contribution in [0.2, 0.25) is 0 Å². The number of hydrogen-bond donors (Lipinski definition) is 3. The molecule has 10 heteroatoms. The van der Waals surface area contributed by atoms with Gasteiger partial charge in [-0.2, -0.15) is 10.2 Å². The molecule has 2 aromatic rings. The van der Waals surface area contributed by atoms with Crippen molar-refractivity contribution >= 4 is 29.2 Å². The zero-order valence-electron chi connectivity index (χ0n) is 14.5. The van der Waals surface area contributed by atoms with Crippen LogP contribution in [0.15, 0.2) is 52.7 Å². The molecular formula is C17H17N5O5. The van der Waals surface area contributed by atoms with E-state index in [-0.39, 0.29) is 22.7 Å². The molecule has 0 saturated carbocycles. The van der Waals surface area contributed by atoms with E-state index in [9.17, 15) is 20.0 Å². The van der Waals surface area contributed by atoms with Crippen molar-refractivity contribution in [2.75, 3.05) is 12.5 Å². The van der Waals surface area contributed by atoms with Crippen LogP contribution in [0.3, 0.4) is 0 Å². The van der Waals surface area contributed by atoms with Crippen LogP contribution in [0.5, 0.6) is 11.5 Å². The van der Waals surface area contributed by atoms with Crippen molar-refractivity contribution in [1.29, 1.82) is 0 Å². The quantitative estimate of drug-likeness (QED) is 0.388. The maximum absolute atomic E-state index is 12.0. The topological polar surface area (TPSA) is 138 Å². The number of methoxy groups -OCH3 is 1. The Morgan fingerprint density at radius 2 is 1.96 bits per heavy atom. The van der Waals surface area contributed by atoms with Gasteiger partial charge in [-0.15, -0.1) is 0 Å². The number of anilines is 1. The summed E-state index contributed by atoms with van der Waals surface area (Å²) in [6.45, 7) is 1.62. The third kappa shape index (κ3) is 5.53. The van der Waals surface area contributed by atoms with Gasteiger partial charge in [0.15, 0.2) is 11.5 Å². The van der Waals surface area contributed by atoms with Crippen LogP contribution in [-0.4, -0.2) is 35.0 Å². The molecule has 0 atom stereocenters. The van der Waals surface area contributed by atoms with Gasteiger partial charge in [-0.1, -0.05) is 0 Å². The van der Waals surface area contributed by atoms with Crippen LogP contribution in [0, 0.1) is 10.1 Å². The molecule has 0 heterocycles. The summed E-state index contributed by atoms with van der Waals surface area (Å²) in [4.78, 5) is 22.1. The summed E-state index contributed by atoms with van der Waals surface area (Å²) in [5.74, 6) is -0.375. The first-order valence-corrected chi connectivity index (χ1v) is 7.66. The highest BCUT2D eigenvalue weighted by Crippen LogP contribution is 2.26. The molecule has 0 radical (unpaired) electrons. The summed E-state index contributed by atoms with van der Waals surface area (Å²) < 4.78 is 4.94. The van der Waals surface area contributed by atoms with Crippen molar-refractivity contribution in [2.45, 2.75) is 6.92 Å². The molecule has 0 aromatic heterocycles. The number of benzene rings is 2. The van der Waals surface area contributed by atoms with Crippen molar-refractivity contribution < 1.29 is 19.6 Å². The highest BCUT2D eigenvalue weighted by atomic mass is 16.6. The molecule has 2 rings (SSSR count). The van der Waals surface area contributed by atoms with Crippen molar-refractivity contribution in [3.05, 3.63) is 58.1 Å². The number of non-ortho nitro benzene ring substituents is 1. The van der Waals surface area contributed by atoms with Crippen LogP contribution in [0.4, 0.5) is 11.4 Å². The Morgan fingerprint density at radius 1 is 1.26 bits per heavy atom. The monoisotopic (exact) mass is 371 g/mol. The van der Waals surface area contributed by atoms with Crippen LogP contribution in [0.25, 0.3) is 0 Å². The SMILES string of the molecule is COc1cc(C(=O)N/N=C(C)/C=N/Nc2ccc([N+](=O)[O-])cc2)ccc1O. The lowest BCUT2D eigenvalue weighted by atomic mass is 10.2. The Hall–Kier alpha value is -3.95. The van der Waals surface area contributed by atoms with Gasteiger partial charge in [0, 0.05) is 17.7 Å². The Bertz CT molecular complexity index is 893. The molecule has 3 N–H and O–H groups in total. The summed E-state index contributed by atoms with van der Waals surface area (Å²) in [5.41, 5.74) is 6.26. The number of carbonyl (C=O) groups excluding carboxylic acids is 1. The normalized spacial score (nSPS) is 11.3. The van der Waals surface area contributed by atoms with Crippen molar-refractivity contribution in [1.82, 2.24) is 5.43 Å². The molecule has 10 nitrogen and oxygen atoms in total. The van der Waals surface area contributed by atoms with Crippen LogP contribution >= 0.6 is 0 Å². The minimum Gasteiger partial charge on any atom is -0.504 e. The predicted molar refractivity (Wildman–Crippen MR) is 100 cm³/mol. The van der Waals surface area contributed by atoms with Gasteiger partial charge in [0.25, 0.3) is 11.6 Å². The first kappa shape index (κ1) is 19.4. The minimum absolute atomic E-state index is 0.0177. The molecule has 0 bridgehead atoms. The highest BCUT2D eigenvalue weighted by molar-refractivity contribution is 6.29.